The van der Waals surface area contributed by atoms with E-state index in [1.54, 1.807) is 7.11 Å². The van der Waals surface area contributed by atoms with Crippen molar-refractivity contribution in [2.24, 2.45) is 0 Å². The molecule has 0 atom stereocenters. The predicted octanol–water partition coefficient (Wildman–Crippen LogP) is 2.45. The first-order valence-electron chi connectivity index (χ1n) is 9.81. The zero-order valence-corrected chi connectivity index (χ0v) is 17.6. The van der Waals surface area contributed by atoms with Crippen LogP contribution in [0.25, 0.3) is 11.0 Å². The Bertz CT molecular complexity index is 1240. The molecule has 1 aromatic heterocycles. The highest BCUT2D eigenvalue weighted by Gasteiger charge is 2.17. The molecule has 0 aliphatic heterocycles. The van der Waals surface area contributed by atoms with Crippen molar-refractivity contribution in [1.82, 2.24) is 5.32 Å². The normalized spacial score (nSPS) is 10.6. The third-order valence-corrected chi connectivity index (χ3v) is 4.40. The Morgan fingerprint density at radius 2 is 1.94 bits per heavy atom. The van der Waals surface area contributed by atoms with E-state index in [9.17, 15) is 24.5 Å². The van der Waals surface area contributed by atoms with Crippen LogP contribution in [0.2, 0.25) is 0 Å². The van der Waals surface area contributed by atoms with Crippen molar-refractivity contribution in [3.8, 4) is 11.5 Å². The number of fused-ring (bicyclic) bond motifs is 1. The number of amides is 1. The molecule has 1 N–H and O–H groups in total. The van der Waals surface area contributed by atoms with Crippen molar-refractivity contribution < 1.29 is 33.1 Å². The Labute approximate surface area is 187 Å². The van der Waals surface area contributed by atoms with Gasteiger partial charge in [0.2, 0.25) is 0 Å². The number of nitrogens with one attached hydrogen (secondary N) is 1. The van der Waals surface area contributed by atoms with E-state index in [1.165, 1.54) is 48.5 Å². The van der Waals surface area contributed by atoms with Gasteiger partial charge < -0.3 is 23.9 Å². The molecule has 11 heteroatoms. The van der Waals surface area contributed by atoms with Gasteiger partial charge in [0.25, 0.3) is 5.91 Å². The number of ether oxygens (including phenoxy) is 3. The molecule has 0 bridgehead atoms. The summed E-state index contributed by atoms with van der Waals surface area (Å²) in [6.45, 7) is 0.240. The lowest BCUT2D eigenvalue weighted by molar-refractivity contribution is -0.385. The molecule has 2 aromatic carbocycles. The number of hydrogen-bond acceptors (Lipinski definition) is 9. The molecular formula is C22H20N2O9. The Morgan fingerprint density at radius 1 is 1.15 bits per heavy atom. The van der Waals surface area contributed by atoms with Gasteiger partial charge in [-0.3, -0.25) is 14.9 Å². The number of para-hydroxylation sites is 2. The number of carbonyl (C=O) groups excluding carboxylic acids is 2. The molecule has 33 heavy (non-hydrogen) atoms. The van der Waals surface area contributed by atoms with Gasteiger partial charge in [-0.25, -0.2) is 9.59 Å². The van der Waals surface area contributed by atoms with Crippen molar-refractivity contribution in [2.45, 2.75) is 6.42 Å². The van der Waals surface area contributed by atoms with Crippen molar-refractivity contribution in [3.05, 3.63) is 74.6 Å². The predicted molar refractivity (Wildman–Crippen MR) is 116 cm³/mol. The van der Waals surface area contributed by atoms with Crippen LogP contribution in [0.1, 0.15) is 16.8 Å². The summed E-state index contributed by atoms with van der Waals surface area (Å²) in [5.74, 6) is -1.39. The number of methoxy groups -OCH3 is 1. The third-order valence-electron chi connectivity index (χ3n) is 4.40. The highest BCUT2D eigenvalue weighted by atomic mass is 16.6. The van der Waals surface area contributed by atoms with Gasteiger partial charge in [0.1, 0.15) is 16.9 Å². The van der Waals surface area contributed by atoms with E-state index in [-0.39, 0.29) is 28.3 Å². The van der Waals surface area contributed by atoms with Crippen LogP contribution < -0.4 is 20.4 Å². The number of carbonyl (C=O) groups is 2. The smallest absolute Gasteiger partial charge is 0.349 e. The number of nitrogens with zero attached hydrogens (tertiary/aromatic N) is 1. The van der Waals surface area contributed by atoms with Crippen LogP contribution in [-0.4, -0.2) is 43.7 Å². The molecule has 3 aromatic rings. The van der Waals surface area contributed by atoms with Crippen LogP contribution in [0, 0.1) is 10.1 Å². The quantitative estimate of drug-likeness (QED) is 0.121. The van der Waals surface area contributed by atoms with Crippen LogP contribution >= 0.6 is 0 Å². The van der Waals surface area contributed by atoms with Crippen molar-refractivity contribution in [2.75, 3.05) is 26.9 Å². The Kier molecular flexibility index (Phi) is 7.71. The van der Waals surface area contributed by atoms with Gasteiger partial charge in [0, 0.05) is 37.8 Å². The molecule has 0 saturated heterocycles. The maximum absolute atomic E-state index is 12.2. The molecule has 0 spiro atoms. The fraction of sp³-hybridized carbons (Fsp3) is 0.227. The van der Waals surface area contributed by atoms with Gasteiger partial charge in [0.15, 0.2) is 12.4 Å². The lowest BCUT2D eigenvalue weighted by atomic mass is 10.1. The van der Waals surface area contributed by atoms with Crippen molar-refractivity contribution in [1.29, 1.82) is 0 Å². The number of esters is 1. The molecule has 11 nitrogen and oxygen atoms in total. The Morgan fingerprint density at radius 3 is 2.70 bits per heavy atom. The van der Waals surface area contributed by atoms with Gasteiger partial charge in [-0.2, -0.15) is 0 Å². The third kappa shape index (κ3) is 6.14. The summed E-state index contributed by atoms with van der Waals surface area (Å²) in [7, 11) is 1.55. The standard InChI is InChI=1S/C22H20N2O9/c1-30-10-4-9-23-21(26)16-11-14-7-8-15(12-19(14)33-22(16)27)32-20(25)13-31-18-6-3-2-5-17(18)24(28)29/h2-3,5-8,11-12H,4,9-10,13H2,1H3,(H,23,26). The molecular weight excluding hydrogens is 436 g/mol. The molecule has 0 unspecified atom stereocenters. The molecule has 172 valence electrons. The number of nitro benzene ring substituents is 1. The molecule has 0 aliphatic carbocycles. The average molecular weight is 456 g/mol. The Hall–Kier alpha value is -4.25. The molecule has 0 aliphatic rings. The summed E-state index contributed by atoms with van der Waals surface area (Å²) >= 11 is 0. The van der Waals surface area contributed by atoms with Gasteiger partial charge >= 0.3 is 17.3 Å². The largest absolute Gasteiger partial charge is 0.475 e. The summed E-state index contributed by atoms with van der Waals surface area (Å²) < 4.78 is 20.4. The minimum absolute atomic E-state index is 0.0681. The second-order valence-electron chi connectivity index (χ2n) is 6.74. The van der Waals surface area contributed by atoms with E-state index in [0.717, 1.165) is 0 Å². The lowest BCUT2D eigenvalue weighted by Gasteiger charge is -2.08. The second-order valence-corrected chi connectivity index (χ2v) is 6.74. The highest BCUT2D eigenvalue weighted by Crippen LogP contribution is 2.26. The molecule has 0 saturated carbocycles. The average Bonchev–Trinajstić information content (AvgIpc) is 2.80. The summed E-state index contributed by atoms with van der Waals surface area (Å²) in [6, 6.07) is 11.3. The van der Waals surface area contributed by atoms with E-state index in [4.69, 9.17) is 18.6 Å². The van der Waals surface area contributed by atoms with Crippen LogP contribution in [0.4, 0.5) is 5.69 Å². The molecule has 0 fully saturated rings. The van der Waals surface area contributed by atoms with Gasteiger partial charge in [-0.05, 0) is 30.7 Å². The summed E-state index contributed by atoms with van der Waals surface area (Å²) in [5, 5.41) is 14.1. The van der Waals surface area contributed by atoms with E-state index in [1.807, 2.05) is 0 Å². The first-order valence-corrected chi connectivity index (χ1v) is 9.81. The maximum atomic E-state index is 12.2. The molecule has 0 radical (unpaired) electrons. The van der Waals surface area contributed by atoms with Crippen LogP contribution in [0.15, 0.2) is 57.7 Å². The van der Waals surface area contributed by atoms with E-state index in [2.05, 4.69) is 5.32 Å². The van der Waals surface area contributed by atoms with E-state index < -0.39 is 29.0 Å². The van der Waals surface area contributed by atoms with Crippen LogP contribution in [0.3, 0.4) is 0 Å². The number of nitro groups is 1. The fourth-order valence-corrected chi connectivity index (χ4v) is 2.85. The number of benzene rings is 2. The Balaban J connectivity index is 1.66. The summed E-state index contributed by atoms with van der Waals surface area (Å²) in [6.07, 6.45) is 0.594. The molecule has 1 amide bonds. The lowest BCUT2D eigenvalue weighted by Crippen LogP contribution is -2.29. The zero-order valence-electron chi connectivity index (χ0n) is 17.6. The van der Waals surface area contributed by atoms with Gasteiger partial charge in [0.05, 0.1) is 4.92 Å². The fourth-order valence-electron chi connectivity index (χ4n) is 2.85. The maximum Gasteiger partial charge on any atom is 0.349 e. The SMILES string of the molecule is COCCCNC(=O)c1cc2ccc(OC(=O)COc3ccccc3[N+](=O)[O-])cc2oc1=O. The minimum Gasteiger partial charge on any atom is -0.475 e. The second kappa shape index (κ2) is 10.9. The minimum atomic E-state index is -0.838. The first kappa shape index (κ1) is 23.4. The summed E-state index contributed by atoms with van der Waals surface area (Å²) in [4.78, 5) is 46.9. The zero-order chi connectivity index (χ0) is 23.8. The van der Waals surface area contributed by atoms with E-state index >= 15 is 0 Å². The monoisotopic (exact) mass is 456 g/mol. The van der Waals surface area contributed by atoms with Crippen molar-refractivity contribution in [3.63, 3.8) is 0 Å². The van der Waals surface area contributed by atoms with Crippen LogP contribution in [0.5, 0.6) is 11.5 Å². The highest BCUT2D eigenvalue weighted by molar-refractivity contribution is 5.96. The first-order chi connectivity index (χ1) is 15.9. The van der Waals surface area contributed by atoms with Gasteiger partial charge in [-0.15, -0.1) is 0 Å². The number of rotatable bonds is 10. The molecule has 1 heterocycles. The summed E-state index contributed by atoms with van der Waals surface area (Å²) in [5.41, 5.74) is -1.16. The van der Waals surface area contributed by atoms with Crippen molar-refractivity contribution >= 4 is 28.5 Å². The topological polar surface area (TPSA) is 147 Å². The van der Waals surface area contributed by atoms with Gasteiger partial charge in [-0.1, -0.05) is 12.1 Å². The number of hydrogen-bond donors (Lipinski definition) is 1. The van der Waals surface area contributed by atoms with Crippen LogP contribution in [-0.2, 0) is 9.53 Å². The van der Waals surface area contributed by atoms with E-state index in [0.29, 0.717) is 25.0 Å². The molecule has 3 rings (SSSR count).